The Kier molecular flexibility index (Phi) is 3.96. The maximum Gasteiger partial charge on any atom is 0.227 e. The molecule has 0 aromatic carbocycles. The number of aromatic nitrogens is 1. The summed E-state index contributed by atoms with van der Waals surface area (Å²) < 4.78 is 0.737. The van der Waals surface area contributed by atoms with Crippen LogP contribution in [0.4, 0.5) is 0 Å². The van der Waals surface area contributed by atoms with Crippen molar-refractivity contribution in [2.24, 2.45) is 5.73 Å². The fourth-order valence-corrected chi connectivity index (χ4v) is 3.37. The van der Waals surface area contributed by atoms with Crippen LogP contribution in [0, 0.1) is 10.9 Å². The predicted molar refractivity (Wildman–Crippen MR) is 71.7 cm³/mol. The van der Waals surface area contributed by atoms with Crippen molar-refractivity contribution in [1.82, 2.24) is 9.88 Å². The number of nitrogens with one attached hydrogen (secondary N) is 1. The van der Waals surface area contributed by atoms with E-state index in [1.54, 1.807) is 0 Å². The quantitative estimate of drug-likeness (QED) is 0.803. The molecule has 0 aliphatic carbocycles. The van der Waals surface area contributed by atoms with E-state index in [9.17, 15) is 4.79 Å². The van der Waals surface area contributed by atoms with Crippen LogP contribution in [0.1, 0.15) is 23.4 Å². The number of nitrogens with two attached hydrogens (primary N) is 1. The number of carbonyl (C=O) groups is 1. The van der Waals surface area contributed by atoms with Crippen molar-refractivity contribution in [3.63, 3.8) is 0 Å². The van der Waals surface area contributed by atoms with Gasteiger partial charge in [0.25, 0.3) is 0 Å². The van der Waals surface area contributed by atoms with Crippen LogP contribution in [0.5, 0.6) is 0 Å². The standard InChI is InChI=1S/C11H17N3OS2/c1-7-9(17-11(16)13-7)5-10(15)14-4-2-3-8(12)6-14/h8H,2-6,12H2,1H3,(H,13,16). The topological polar surface area (TPSA) is 62.1 Å². The van der Waals surface area contributed by atoms with Gasteiger partial charge in [0.05, 0.1) is 6.42 Å². The van der Waals surface area contributed by atoms with Crippen molar-refractivity contribution < 1.29 is 4.79 Å². The van der Waals surface area contributed by atoms with Crippen molar-refractivity contribution in [3.8, 4) is 0 Å². The lowest BCUT2D eigenvalue weighted by Crippen LogP contribution is -2.46. The van der Waals surface area contributed by atoms with E-state index in [2.05, 4.69) is 4.98 Å². The summed E-state index contributed by atoms with van der Waals surface area (Å²) in [5.41, 5.74) is 6.89. The predicted octanol–water partition coefficient (Wildman–Crippen LogP) is 1.61. The Morgan fingerprint density at radius 3 is 3.06 bits per heavy atom. The largest absolute Gasteiger partial charge is 0.341 e. The van der Waals surface area contributed by atoms with Crippen LogP contribution in [-0.4, -0.2) is 34.9 Å². The van der Waals surface area contributed by atoms with E-state index in [1.165, 1.54) is 11.3 Å². The number of piperidine rings is 1. The summed E-state index contributed by atoms with van der Waals surface area (Å²) in [6.07, 6.45) is 2.47. The third-order valence-electron chi connectivity index (χ3n) is 3.05. The van der Waals surface area contributed by atoms with Gasteiger partial charge in [0.2, 0.25) is 5.91 Å². The molecule has 0 bridgehead atoms. The number of aromatic amines is 1. The van der Waals surface area contributed by atoms with Crippen LogP contribution < -0.4 is 5.73 Å². The minimum Gasteiger partial charge on any atom is -0.341 e. The van der Waals surface area contributed by atoms with E-state index < -0.39 is 0 Å². The van der Waals surface area contributed by atoms with Gasteiger partial charge in [0.15, 0.2) is 3.95 Å². The highest BCUT2D eigenvalue weighted by Crippen LogP contribution is 2.17. The van der Waals surface area contributed by atoms with E-state index in [4.69, 9.17) is 18.0 Å². The molecule has 3 N–H and O–H groups in total. The summed E-state index contributed by atoms with van der Waals surface area (Å²) in [5, 5.41) is 0. The molecule has 1 fully saturated rings. The molecule has 1 saturated heterocycles. The van der Waals surface area contributed by atoms with Gasteiger partial charge in [-0.15, -0.1) is 11.3 Å². The zero-order valence-corrected chi connectivity index (χ0v) is 11.5. The lowest BCUT2D eigenvalue weighted by Gasteiger charge is -2.30. The van der Waals surface area contributed by atoms with E-state index in [0.717, 1.165) is 33.9 Å². The van der Waals surface area contributed by atoms with Crippen LogP contribution in [0.3, 0.4) is 0 Å². The normalized spacial score (nSPS) is 20.6. The molecule has 2 heterocycles. The number of likely N-dealkylation sites (tertiary alicyclic amines) is 1. The number of nitrogens with zero attached hydrogens (tertiary/aromatic N) is 1. The zero-order chi connectivity index (χ0) is 12.4. The Balaban J connectivity index is 2.01. The number of H-pyrrole nitrogens is 1. The summed E-state index contributed by atoms with van der Waals surface area (Å²) in [4.78, 5) is 18.1. The number of rotatable bonds is 2. The molecule has 4 nitrogen and oxygen atoms in total. The first kappa shape index (κ1) is 12.7. The van der Waals surface area contributed by atoms with Gasteiger partial charge in [0.1, 0.15) is 0 Å². The van der Waals surface area contributed by atoms with Crippen molar-refractivity contribution in [2.45, 2.75) is 32.2 Å². The summed E-state index contributed by atoms with van der Waals surface area (Å²) in [6, 6.07) is 0.137. The second kappa shape index (κ2) is 5.29. The minimum absolute atomic E-state index is 0.137. The SMILES string of the molecule is Cc1[nH]c(=S)sc1CC(=O)N1CCCC(N)C1. The highest BCUT2D eigenvalue weighted by atomic mass is 32.1. The first-order valence-electron chi connectivity index (χ1n) is 5.78. The zero-order valence-electron chi connectivity index (χ0n) is 9.86. The smallest absolute Gasteiger partial charge is 0.227 e. The molecule has 2 rings (SSSR count). The third kappa shape index (κ3) is 3.14. The second-order valence-electron chi connectivity index (χ2n) is 4.48. The highest BCUT2D eigenvalue weighted by molar-refractivity contribution is 7.73. The molecular weight excluding hydrogens is 254 g/mol. The van der Waals surface area contributed by atoms with Crippen LogP contribution in [0.25, 0.3) is 0 Å². The van der Waals surface area contributed by atoms with Gasteiger partial charge in [-0.25, -0.2) is 0 Å². The number of aryl methyl sites for hydroxylation is 1. The Bertz CT molecular complexity index is 466. The highest BCUT2D eigenvalue weighted by Gasteiger charge is 2.22. The van der Waals surface area contributed by atoms with E-state index >= 15 is 0 Å². The van der Waals surface area contributed by atoms with E-state index in [0.29, 0.717) is 13.0 Å². The van der Waals surface area contributed by atoms with Crippen LogP contribution in [0.15, 0.2) is 0 Å². The van der Waals surface area contributed by atoms with Crippen molar-refractivity contribution in [2.75, 3.05) is 13.1 Å². The molecule has 1 unspecified atom stereocenters. The average molecular weight is 271 g/mol. The molecule has 6 heteroatoms. The molecule has 94 valence electrons. The van der Waals surface area contributed by atoms with E-state index in [1.807, 2.05) is 11.8 Å². The summed E-state index contributed by atoms with van der Waals surface area (Å²) >= 11 is 6.55. The number of thiazole rings is 1. The first-order chi connectivity index (χ1) is 8.06. The second-order valence-corrected chi connectivity index (χ2v) is 6.25. The van der Waals surface area contributed by atoms with Gasteiger partial charge in [-0.3, -0.25) is 4.79 Å². The molecule has 1 aromatic heterocycles. The minimum atomic E-state index is 0.137. The number of carbonyl (C=O) groups excluding carboxylic acids is 1. The van der Waals surface area contributed by atoms with E-state index in [-0.39, 0.29) is 11.9 Å². The Morgan fingerprint density at radius 2 is 2.47 bits per heavy atom. The molecule has 1 aromatic rings. The van der Waals surface area contributed by atoms with Crippen LogP contribution >= 0.6 is 23.6 Å². The fraction of sp³-hybridized carbons (Fsp3) is 0.636. The van der Waals surface area contributed by atoms with Gasteiger partial charge in [0, 0.05) is 29.7 Å². The van der Waals surface area contributed by atoms with Gasteiger partial charge in [-0.1, -0.05) is 0 Å². The summed E-state index contributed by atoms with van der Waals surface area (Å²) in [6.45, 7) is 3.48. The van der Waals surface area contributed by atoms with Gasteiger partial charge >= 0.3 is 0 Å². The Hall–Kier alpha value is -0.720. The van der Waals surface area contributed by atoms with Gasteiger partial charge in [-0.2, -0.15) is 0 Å². The molecule has 1 aliphatic rings. The first-order valence-corrected chi connectivity index (χ1v) is 7.00. The molecule has 17 heavy (non-hydrogen) atoms. The monoisotopic (exact) mass is 271 g/mol. The molecule has 0 spiro atoms. The maximum atomic E-state index is 12.1. The number of hydrogen-bond acceptors (Lipinski definition) is 4. The van der Waals surface area contributed by atoms with Crippen molar-refractivity contribution in [3.05, 3.63) is 14.5 Å². The molecule has 1 atom stereocenters. The average Bonchev–Trinajstić information content (AvgIpc) is 2.57. The van der Waals surface area contributed by atoms with Crippen molar-refractivity contribution >= 4 is 29.5 Å². The fourth-order valence-electron chi connectivity index (χ4n) is 2.09. The van der Waals surface area contributed by atoms with Gasteiger partial charge in [-0.05, 0) is 32.0 Å². The van der Waals surface area contributed by atoms with Crippen molar-refractivity contribution in [1.29, 1.82) is 0 Å². The molecule has 0 radical (unpaired) electrons. The third-order valence-corrected chi connectivity index (χ3v) is 4.38. The molecule has 1 amide bonds. The summed E-state index contributed by atoms with van der Waals surface area (Å²) in [5.74, 6) is 0.161. The lowest BCUT2D eigenvalue weighted by atomic mass is 10.1. The number of amides is 1. The van der Waals surface area contributed by atoms with Gasteiger partial charge < -0.3 is 15.6 Å². The maximum absolute atomic E-state index is 12.1. The lowest BCUT2D eigenvalue weighted by molar-refractivity contribution is -0.131. The summed E-state index contributed by atoms with van der Waals surface area (Å²) in [7, 11) is 0. The Morgan fingerprint density at radius 1 is 1.71 bits per heavy atom. The Labute approximate surface area is 110 Å². The molecule has 1 aliphatic heterocycles. The van der Waals surface area contributed by atoms with Crippen LogP contribution in [-0.2, 0) is 11.2 Å². The number of hydrogen-bond donors (Lipinski definition) is 2. The molecular formula is C11H17N3OS2. The van der Waals surface area contributed by atoms with Crippen LogP contribution in [0.2, 0.25) is 0 Å². The molecule has 0 saturated carbocycles.